The molecule has 0 radical (unpaired) electrons. The summed E-state index contributed by atoms with van der Waals surface area (Å²) < 4.78 is 22.1. The molecule has 0 aromatic heterocycles. The molecule has 35 heavy (non-hydrogen) atoms. The summed E-state index contributed by atoms with van der Waals surface area (Å²) in [6, 6.07) is 16.0. The zero-order chi connectivity index (χ0) is 23.6. The van der Waals surface area contributed by atoms with Crippen molar-refractivity contribution in [1.82, 2.24) is 5.32 Å². The van der Waals surface area contributed by atoms with Gasteiger partial charge in [0.2, 0.25) is 11.9 Å². The van der Waals surface area contributed by atoms with Crippen LogP contribution in [0.5, 0.6) is 5.75 Å². The second-order valence-corrected chi connectivity index (χ2v) is 8.71. The van der Waals surface area contributed by atoms with E-state index in [0.717, 1.165) is 45.2 Å². The molecule has 0 aliphatic carbocycles. The Hall–Kier alpha value is -2.74. The highest BCUT2D eigenvalue weighted by atomic mass is 35.5. The van der Waals surface area contributed by atoms with Crippen LogP contribution in [0, 0.1) is 5.92 Å². The van der Waals surface area contributed by atoms with Crippen LogP contribution in [0.15, 0.2) is 67.1 Å². The van der Waals surface area contributed by atoms with Gasteiger partial charge in [0.25, 0.3) is 0 Å². The van der Waals surface area contributed by atoms with Crippen molar-refractivity contribution in [1.29, 1.82) is 0 Å². The third-order valence-corrected chi connectivity index (χ3v) is 6.27. The lowest BCUT2D eigenvalue weighted by atomic mass is 9.86. The van der Waals surface area contributed by atoms with E-state index in [-0.39, 0.29) is 18.7 Å². The number of ether oxygens (including phenoxy) is 4. The Kier molecular flexibility index (Phi) is 10.3. The summed E-state index contributed by atoms with van der Waals surface area (Å²) in [6.07, 6.45) is 7.31. The smallest absolute Gasteiger partial charge is 0.347 e. The summed E-state index contributed by atoms with van der Waals surface area (Å²) in [4.78, 5) is 13.3. The van der Waals surface area contributed by atoms with E-state index in [1.807, 2.05) is 12.1 Å². The molecule has 2 N–H and O–H groups in total. The van der Waals surface area contributed by atoms with Gasteiger partial charge < -0.3 is 29.4 Å². The minimum Gasteiger partial charge on any atom is -0.494 e. The Labute approximate surface area is 212 Å². The molecule has 0 bridgehead atoms. The predicted octanol–water partition coefficient (Wildman–Crippen LogP) is 4.28. The number of rotatable bonds is 11. The maximum Gasteiger partial charge on any atom is 0.347 e. The summed E-state index contributed by atoms with van der Waals surface area (Å²) in [5.41, 5.74) is -1.03. The fraction of sp³-hybridized carbons (Fsp3) is 0.444. The summed E-state index contributed by atoms with van der Waals surface area (Å²) in [7, 11) is 0. The van der Waals surface area contributed by atoms with Gasteiger partial charge in [-0.15, -0.1) is 12.4 Å². The molecule has 2 aliphatic rings. The molecular weight excluding hydrogens is 470 g/mol. The minimum absolute atomic E-state index is 0. The molecule has 1 unspecified atom stereocenters. The van der Waals surface area contributed by atoms with Crippen molar-refractivity contribution in [3.05, 3.63) is 78.2 Å². The second kappa shape index (κ2) is 13.4. The summed E-state index contributed by atoms with van der Waals surface area (Å²) in [5.74, 6) is 0.225. The monoisotopic (exact) mass is 503 g/mol. The van der Waals surface area contributed by atoms with Crippen molar-refractivity contribution in [3.8, 4) is 5.75 Å². The first-order chi connectivity index (χ1) is 16.7. The number of esters is 1. The highest BCUT2D eigenvalue weighted by Gasteiger charge is 2.42. The van der Waals surface area contributed by atoms with Gasteiger partial charge in [-0.1, -0.05) is 42.5 Å². The molecule has 2 aromatic rings. The van der Waals surface area contributed by atoms with E-state index in [1.54, 1.807) is 55.0 Å². The van der Waals surface area contributed by atoms with Crippen LogP contribution in [0.25, 0.3) is 0 Å². The molecule has 7 nitrogen and oxygen atoms in total. The Morgan fingerprint density at radius 2 is 1.71 bits per heavy atom. The van der Waals surface area contributed by atoms with Crippen molar-refractivity contribution >= 4 is 18.4 Å². The number of hydrogen-bond donors (Lipinski definition) is 2. The number of aliphatic hydroxyl groups is 1. The van der Waals surface area contributed by atoms with Crippen molar-refractivity contribution in [2.24, 2.45) is 5.92 Å². The Balaban J connectivity index is 0.00000342. The third kappa shape index (κ3) is 7.13. The van der Waals surface area contributed by atoms with Gasteiger partial charge in [-0.25, -0.2) is 4.79 Å². The number of hydrogen-bond acceptors (Lipinski definition) is 7. The first-order valence-electron chi connectivity index (χ1n) is 12.0. The summed E-state index contributed by atoms with van der Waals surface area (Å²) in [6.45, 7) is 2.65. The molecule has 2 heterocycles. The van der Waals surface area contributed by atoms with Crippen LogP contribution < -0.4 is 10.1 Å². The molecule has 4 rings (SSSR count). The molecule has 0 saturated carbocycles. The Morgan fingerprint density at radius 1 is 1.00 bits per heavy atom. The molecule has 8 heteroatoms. The number of piperidine rings is 1. The number of carbonyl (C=O) groups is 1. The SMILES string of the molecule is Cl.O=C(OCC1CCNCC1)C(O)(c1ccccc1)c1cccc(OCCCCC2OC=CO2)c1. The van der Waals surface area contributed by atoms with Crippen LogP contribution >= 0.6 is 12.4 Å². The molecule has 1 atom stereocenters. The molecule has 2 aromatic carbocycles. The van der Waals surface area contributed by atoms with E-state index in [2.05, 4.69) is 5.32 Å². The van der Waals surface area contributed by atoms with Crippen molar-refractivity contribution in [3.63, 3.8) is 0 Å². The molecule has 0 spiro atoms. The minimum atomic E-state index is -1.92. The van der Waals surface area contributed by atoms with E-state index >= 15 is 0 Å². The maximum atomic E-state index is 13.3. The average Bonchev–Trinajstić information content (AvgIpc) is 3.41. The lowest BCUT2D eigenvalue weighted by molar-refractivity contribution is -0.163. The largest absolute Gasteiger partial charge is 0.494 e. The standard InChI is InChI=1S/C27H33NO6.ClH/c29-26(34-20-21-12-14-28-15-13-21)27(30,22-7-2-1-3-8-22)23-9-6-10-24(19-23)31-16-5-4-11-25-32-17-18-33-25;/h1-3,6-10,17-19,21,25,28,30H,4-5,11-16,20H2;1H. The Morgan fingerprint density at radius 3 is 2.46 bits per heavy atom. The summed E-state index contributed by atoms with van der Waals surface area (Å²) in [5, 5.41) is 15.0. The zero-order valence-electron chi connectivity index (χ0n) is 19.8. The molecule has 1 fully saturated rings. The fourth-order valence-electron chi connectivity index (χ4n) is 4.25. The van der Waals surface area contributed by atoms with Gasteiger partial charge in [0.1, 0.15) is 18.3 Å². The number of halogens is 1. The molecule has 2 aliphatic heterocycles. The zero-order valence-corrected chi connectivity index (χ0v) is 20.6. The third-order valence-electron chi connectivity index (χ3n) is 6.27. The van der Waals surface area contributed by atoms with Crippen LogP contribution in [0.4, 0.5) is 0 Å². The van der Waals surface area contributed by atoms with Gasteiger partial charge in [0.05, 0.1) is 13.2 Å². The second-order valence-electron chi connectivity index (χ2n) is 8.71. The first-order valence-corrected chi connectivity index (χ1v) is 12.0. The summed E-state index contributed by atoms with van der Waals surface area (Å²) >= 11 is 0. The lowest BCUT2D eigenvalue weighted by Gasteiger charge is -2.29. The fourth-order valence-corrected chi connectivity index (χ4v) is 4.25. The Bertz CT molecular complexity index is 942. The van der Waals surface area contributed by atoms with Crippen LogP contribution in [0.1, 0.15) is 43.2 Å². The van der Waals surface area contributed by atoms with E-state index in [1.165, 1.54) is 0 Å². The predicted molar refractivity (Wildman–Crippen MR) is 134 cm³/mol. The maximum absolute atomic E-state index is 13.3. The molecular formula is C27H34ClNO6. The van der Waals surface area contributed by atoms with Crippen molar-refractivity contribution < 1.29 is 28.8 Å². The lowest BCUT2D eigenvalue weighted by Crippen LogP contribution is -2.40. The molecule has 0 amide bonds. The quantitative estimate of drug-likeness (QED) is 0.349. The van der Waals surface area contributed by atoms with Crippen molar-refractivity contribution in [2.45, 2.75) is 44.0 Å². The highest BCUT2D eigenvalue weighted by Crippen LogP contribution is 2.33. The van der Waals surface area contributed by atoms with Crippen LogP contribution in [0.3, 0.4) is 0 Å². The van der Waals surface area contributed by atoms with Gasteiger partial charge in [0.15, 0.2) is 0 Å². The van der Waals surface area contributed by atoms with E-state index < -0.39 is 11.6 Å². The van der Waals surface area contributed by atoms with Gasteiger partial charge >= 0.3 is 5.97 Å². The highest BCUT2D eigenvalue weighted by molar-refractivity contribution is 5.86. The van der Waals surface area contributed by atoms with Gasteiger partial charge in [-0.3, -0.25) is 0 Å². The van der Waals surface area contributed by atoms with E-state index in [9.17, 15) is 9.90 Å². The van der Waals surface area contributed by atoms with Crippen LogP contribution in [-0.4, -0.2) is 43.7 Å². The number of benzene rings is 2. The van der Waals surface area contributed by atoms with E-state index in [4.69, 9.17) is 18.9 Å². The van der Waals surface area contributed by atoms with Crippen LogP contribution in [-0.2, 0) is 24.6 Å². The number of carbonyl (C=O) groups excluding carboxylic acids is 1. The van der Waals surface area contributed by atoms with Gasteiger partial charge in [0, 0.05) is 12.0 Å². The van der Waals surface area contributed by atoms with Crippen LogP contribution in [0.2, 0.25) is 0 Å². The number of nitrogens with one attached hydrogen (secondary N) is 1. The normalized spacial score (nSPS) is 17.5. The van der Waals surface area contributed by atoms with E-state index in [0.29, 0.717) is 36.0 Å². The first kappa shape index (κ1) is 26.9. The van der Waals surface area contributed by atoms with Crippen molar-refractivity contribution in [2.75, 3.05) is 26.3 Å². The van der Waals surface area contributed by atoms with Gasteiger partial charge in [-0.2, -0.15) is 0 Å². The molecule has 1 saturated heterocycles. The van der Waals surface area contributed by atoms with Gasteiger partial charge in [-0.05, 0) is 62.4 Å². The number of unbranched alkanes of at least 4 members (excludes halogenated alkanes) is 1. The molecule has 190 valence electrons. The topological polar surface area (TPSA) is 86.3 Å². The average molecular weight is 504 g/mol.